The molecule has 0 bridgehead atoms. The molecule has 0 saturated carbocycles. The van der Waals surface area contributed by atoms with Gasteiger partial charge < -0.3 is 5.32 Å². The zero-order chi connectivity index (χ0) is 15.5. The molecule has 1 N–H and O–H groups in total. The Bertz CT molecular complexity index is 613. The Hall–Kier alpha value is -1.18. The maximum Gasteiger partial charge on any atom is 0.434 e. The molecule has 2 aromatic heterocycles. The highest BCUT2D eigenvalue weighted by Crippen LogP contribution is 2.38. The minimum Gasteiger partial charge on any atom is -0.312 e. The largest absolute Gasteiger partial charge is 0.434 e. The second-order valence-electron chi connectivity index (χ2n) is 4.30. The molecule has 2 rings (SSSR count). The molecule has 0 aliphatic rings. The number of alkyl halides is 3. The van der Waals surface area contributed by atoms with Gasteiger partial charge in [0.2, 0.25) is 0 Å². The summed E-state index contributed by atoms with van der Waals surface area (Å²) < 4.78 is 39.2. The van der Waals surface area contributed by atoms with E-state index in [4.69, 9.17) is 11.6 Å². The molecule has 0 amide bonds. The average molecular weight is 336 g/mol. The number of pyridine rings is 1. The topological polar surface area (TPSA) is 37.8 Å². The van der Waals surface area contributed by atoms with Crippen molar-refractivity contribution in [3.05, 3.63) is 33.9 Å². The van der Waals surface area contributed by atoms with Gasteiger partial charge >= 0.3 is 6.18 Å². The number of aromatic nitrogens is 2. The summed E-state index contributed by atoms with van der Waals surface area (Å²) in [6.45, 7) is 2.73. The number of nitrogens with zero attached hydrogens (tertiary/aromatic N) is 2. The summed E-state index contributed by atoms with van der Waals surface area (Å²) in [4.78, 5) is 7.85. The van der Waals surface area contributed by atoms with Crippen LogP contribution >= 0.6 is 22.9 Å². The monoisotopic (exact) mass is 335 g/mol. The van der Waals surface area contributed by atoms with Crippen molar-refractivity contribution >= 4 is 22.9 Å². The highest BCUT2D eigenvalue weighted by atomic mass is 35.5. The quantitative estimate of drug-likeness (QED) is 0.824. The van der Waals surface area contributed by atoms with Crippen molar-refractivity contribution < 1.29 is 13.2 Å². The fraction of sp³-hybridized carbons (Fsp3) is 0.385. The third kappa shape index (κ3) is 3.93. The molecule has 2 heterocycles. The fourth-order valence-electron chi connectivity index (χ4n) is 1.72. The van der Waals surface area contributed by atoms with Crippen molar-refractivity contribution in [2.45, 2.75) is 26.1 Å². The van der Waals surface area contributed by atoms with Crippen LogP contribution in [0.25, 0.3) is 10.7 Å². The first-order valence-corrected chi connectivity index (χ1v) is 7.51. The van der Waals surface area contributed by atoms with Crippen LogP contribution in [0.3, 0.4) is 0 Å². The Morgan fingerprint density at radius 1 is 1.38 bits per heavy atom. The van der Waals surface area contributed by atoms with Crippen LogP contribution < -0.4 is 5.32 Å². The molecule has 0 unspecified atom stereocenters. The van der Waals surface area contributed by atoms with E-state index in [1.165, 1.54) is 6.20 Å². The van der Waals surface area contributed by atoms with E-state index in [-0.39, 0.29) is 27.1 Å². The molecule has 0 aromatic carbocycles. The van der Waals surface area contributed by atoms with Gasteiger partial charge in [-0.2, -0.15) is 13.2 Å². The smallest absolute Gasteiger partial charge is 0.312 e. The highest BCUT2D eigenvalue weighted by Gasteiger charge is 2.37. The van der Waals surface area contributed by atoms with E-state index in [1.807, 2.05) is 6.92 Å². The van der Waals surface area contributed by atoms with Gasteiger partial charge in [0, 0.05) is 12.7 Å². The summed E-state index contributed by atoms with van der Waals surface area (Å²) in [5.41, 5.74) is -0.593. The van der Waals surface area contributed by atoms with Gasteiger partial charge in [-0.3, -0.25) is 4.98 Å². The number of hydrogen-bond acceptors (Lipinski definition) is 4. The summed E-state index contributed by atoms with van der Waals surface area (Å²) in [7, 11) is 0. The summed E-state index contributed by atoms with van der Waals surface area (Å²) in [6, 6.07) is 3.20. The first-order valence-electron chi connectivity index (χ1n) is 6.32. The van der Waals surface area contributed by atoms with Crippen molar-refractivity contribution in [3.63, 3.8) is 0 Å². The number of halogens is 4. The Morgan fingerprint density at radius 3 is 2.76 bits per heavy atom. The zero-order valence-corrected chi connectivity index (χ0v) is 12.7. The maximum atomic E-state index is 13.1. The molecule has 0 spiro atoms. The molecular weight excluding hydrogens is 323 g/mol. The minimum absolute atomic E-state index is 0.130. The van der Waals surface area contributed by atoms with Gasteiger partial charge in [-0.25, -0.2) is 4.98 Å². The van der Waals surface area contributed by atoms with Gasteiger partial charge in [-0.05, 0) is 25.1 Å². The molecule has 114 valence electrons. The Kier molecular flexibility index (Phi) is 5.18. The van der Waals surface area contributed by atoms with Crippen LogP contribution in [0.15, 0.2) is 18.3 Å². The lowest BCUT2D eigenvalue weighted by atomic mass is 10.3. The molecule has 0 aliphatic heterocycles. The van der Waals surface area contributed by atoms with Crippen molar-refractivity contribution in [1.82, 2.24) is 15.3 Å². The molecule has 0 radical (unpaired) electrons. The SMILES string of the molecule is CCCNCc1sc(-c2ncccc2Cl)nc1C(F)(F)F. The second kappa shape index (κ2) is 6.72. The van der Waals surface area contributed by atoms with Gasteiger partial charge in [0.25, 0.3) is 0 Å². The molecule has 8 heteroatoms. The Balaban J connectivity index is 2.38. The van der Waals surface area contributed by atoms with E-state index < -0.39 is 11.9 Å². The van der Waals surface area contributed by atoms with Crippen molar-refractivity contribution in [2.24, 2.45) is 0 Å². The molecule has 0 saturated heterocycles. The van der Waals surface area contributed by atoms with Gasteiger partial charge in [0.05, 0.1) is 9.90 Å². The maximum absolute atomic E-state index is 13.1. The predicted octanol–water partition coefficient (Wildman–Crippen LogP) is 4.38. The van der Waals surface area contributed by atoms with Crippen LogP contribution in [0, 0.1) is 0 Å². The molecule has 0 aliphatic carbocycles. The first kappa shape index (κ1) is 16.2. The molecule has 3 nitrogen and oxygen atoms in total. The Morgan fingerprint density at radius 2 is 2.14 bits per heavy atom. The third-order valence-corrected chi connectivity index (χ3v) is 4.01. The number of thiazole rings is 1. The van der Waals surface area contributed by atoms with E-state index in [2.05, 4.69) is 15.3 Å². The molecule has 21 heavy (non-hydrogen) atoms. The van der Waals surface area contributed by atoms with Gasteiger partial charge in [-0.15, -0.1) is 11.3 Å². The lowest BCUT2D eigenvalue weighted by Gasteiger charge is -2.06. The van der Waals surface area contributed by atoms with Gasteiger partial charge in [-0.1, -0.05) is 18.5 Å². The zero-order valence-electron chi connectivity index (χ0n) is 11.2. The van der Waals surface area contributed by atoms with Crippen molar-refractivity contribution in [2.75, 3.05) is 6.54 Å². The van der Waals surface area contributed by atoms with Crippen LogP contribution in [0.4, 0.5) is 13.2 Å². The highest BCUT2D eigenvalue weighted by molar-refractivity contribution is 7.15. The van der Waals surface area contributed by atoms with Crippen molar-refractivity contribution in [1.29, 1.82) is 0 Å². The van der Waals surface area contributed by atoms with Crippen LogP contribution in [0.1, 0.15) is 23.9 Å². The van der Waals surface area contributed by atoms with Crippen molar-refractivity contribution in [3.8, 4) is 10.7 Å². The minimum atomic E-state index is -4.49. The number of rotatable bonds is 5. The molecule has 0 fully saturated rings. The number of hydrogen-bond donors (Lipinski definition) is 1. The van der Waals surface area contributed by atoms with Gasteiger partial charge in [0.15, 0.2) is 5.69 Å². The predicted molar refractivity (Wildman–Crippen MR) is 77.4 cm³/mol. The lowest BCUT2D eigenvalue weighted by molar-refractivity contribution is -0.141. The standard InChI is InChI=1S/C13H13ClF3N3S/c1-2-5-18-7-9-11(13(15,16)17)20-12(21-9)10-8(14)4-3-6-19-10/h3-4,6,18H,2,5,7H2,1H3. The molecule has 2 aromatic rings. The number of nitrogens with one attached hydrogen (secondary N) is 1. The van der Waals surface area contributed by atoms with Gasteiger partial charge in [0.1, 0.15) is 10.7 Å². The van der Waals surface area contributed by atoms with E-state index in [1.54, 1.807) is 12.1 Å². The molecular formula is C13H13ClF3N3S. The van der Waals surface area contributed by atoms with Crippen LogP contribution in [0.5, 0.6) is 0 Å². The first-order chi connectivity index (χ1) is 9.93. The Labute approximate surface area is 129 Å². The lowest BCUT2D eigenvalue weighted by Crippen LogP contribution is -2.17. The van der Waals surface area contributed by atoms with Crippen LogP contribution in [-0.2, 0) is 12.7 Å². The normalized spacial score (nSPS) is 11.9. The molecule has 0 atom stereocenters. The summed E-state index contributed by atoms with van der Waals surface area (Å²) in [5, 5.41) is 3.43. The third-order valence-electron chi connectivity index (χ3n) is 2.64. The van der Waals surface area contributed by atoms with Crippen LogP contribution in [0.2, 0.25) is 5.02 Å². The summed E-state index contributed by atoms with van der Waals surface area (Å²) in [5.74, 6) is 0. The van der Waals surface area contributed by atoms with E-state index in [0.717, 1.165) is 17.8 Å². The van der Waals surface area contributed by atoms with Crippen LogP contribution in [-0.4, -0.2) is 16.5 Å². The average Bonchev–Trinajstić information content (AvgIpc) is 2.83. The summed E-state index contributed by atoms with van der Waals surface area (Å²) >= 11 is 6.93. The van der Waals surface area contributed by atoms with E-state index in [9.17, 15) is 13.2 Å². The van der Waals surface area contributed by atoms with E-state index in [0.29, 0.717) is 6.54 Å². The fourth-order valence-corrected chi connectivity index (χ4v) is 3.05. The second-order valence-corrected chi connectivity index (χ2v) is 5.79. The van der Waals surface area contributed by atoms with E-state index >= 15 is 0 Å². The summed E-state index contributed by atoms with van der Waals surface area (Å²) in [6.07, 6.45) is -2.16.